The molecule has 23 heavy (non-hydrogen) atoms. The van der Waals surface area contributed by atoms with Crippen molar-refractivity contribution >= 4 is 11.6 Å². The zero-order valence-corrected chi connectivity index (χ0v) is 14.4. The van der Waals surface area contributed by atoms with Crippen LogP contribution in [-0.4, -0.2) is 61.8 Å². The first kappa shape index (κ1) is 17.6. The van der Waals surface area contributed by atoms with Crippen LogP contribution in [0.5, 0.6) is 0 Å². The fourth-order valence-electron chi connectivity index (χ4n) is 2.82. The number of aliphatic hydroxyl groups excluding tert-OH is 1. The second kappa shape index (κ2) is 9.40. The number of rotatable bonds is 7. The van der Waals surface area contributed by atoms with E-state index in [9.17, 15) is 5.11 Å². The number of likely N-dealkylation sites (tertiary alicyclic amines) is 1. The lowest BCUT2D eigenvalue weighted by Crippen LogP contribution is -2.40. The highest BCUT2D eigenvalue weighted by Gasteiger charge is 2.22. The minimum absolute atomic E-state index is 0.210. The lowest BCUT2D eigenvalue weighted by atomic mass is 10.2. The third kappa shape index (κ3) is 5.75. The highest BCUT2D eigenvalue weighted by molar-refractivity contribution is 5.80. The molecular weight excluding hydrogens is 288 g/mol. The molecule has 0 aliphatic carbocycles. The van der Waals surface area contributed by atoms with E-state index in [1.807, 2.05) is 6.07 Å². The van der Waals surface area contributed by atoms with Crippen LogP contribution >= 0.6 is 0 Å². The molecule has 1 aliphatic rings. The van der Waals surface area contributed by atoms with Crippen LogP contribution in [0.3, 0.4) is 0 Å². The molecule has 5 nitrogen and oxygen atoms in total. The number of nitrogens with zero attached hydrogens (tertiary/aromatic N) is 3. The van der Waals surface area contributed by atoms with Crippen LogP contribution in [0.1, 0.15) is 26.2 Å². The molecule has 0 spiro atoms. The Morgan fingerprint density at radius 2 is 2.13 bits per heavy atom. The second-order valence-electron chi connectivity index (χ2n) is 6.09. The maximum atomic E-state index is 9.67. The van der Waals surface area contributed by atoms with Crippen molar-refractivity contribution in [2.75, 3.05) is 44.7 Å². The lowest BCUT2D eigenvalue weighted by molar-refractivity contribution is 0.188. The highest BCUT2D eigenvalue weighted by atomic mass is 16.3. The van der Waals surface area contributed by atoms with Crippen LogP contribution in [0, 0.1) is 0 Å². The molecule has 1 atom stereocenters. The smallest absolute Gasteiger partial charge is 0.194 e. The van der Waals surface area contributed by atoms with E-state index < -0.39 is 0 Å². The number of unbranched alkanes of at least 4 members (excludes halogenated alkanes) is 1. The standard InChI is InChI=1S/C18H30N4O/c1-3-19-18(22-14-11-17(23)15-22)20-12-7-8-13-21(2)16-9-5-4-6-10-16/h4-6,9-10,17,23H,3,7-8,11-15H2,1-2H3,(H,19,20)/t17-/m1/s1. The zero-order valence-electron chi connectivity index (χ0n) is 14.4. The van der Waals surface area contributed by atoms with Crippen molar-refractivity contribution < 1.29 is 5.11 Å². The molecular formula is C18H30N4O. The quantitative estimate of drug-likeness (QED) is 0.458. The van der Waals surface area contributed by atoms with Gasteiger partial charge in [-0.2, -0.15) is 0 Å². The average Bonchev–Trinajstić information content (AvgIpc) is 3.00. The number of aliphatic imine (C=N–C) groups is 1. The number of hydrogen-bond donors (Lipinski definition) is 2. The molecule has 0 saturated carbocycles. The largest absolute Gasteiger partial charge is 0.391 e. The Labute approximate surface area is 140 Å². The molecule has 2 N–H and O–H groups in total. The fraction of sp³-hybridized carbons (Fsp3) is 0.611. The van der Waals surface area contributed by atoms with Crippen LogP contribution in [0.15, 0.2) is 35.3 Å². The number of nitrogens with one attached hydrogen (secondary N) is 1. The van der Waals surface area contributed by atoms with Crippen molar-refractivity contribution in [1.82, 2.24) is 10.2 Å². The first-order valence-corrected chi connectivity index (χ1v) is 8.68. The fourth-order valence-corrected chi connectivity index (χ4v) is 2.82. The summed E-state index contributed by atoms with van der Waals surface area (Å²) in [7, 11) is 2.13. The van der Waals surface area contributed by atoms with Crippen molar-refractivity contribution in [3.63, 3.8) is 0 Å². The zero-order chi connectivity index (χ0) is 16.5. The molecule has 1 fully saturated rings. The number of hydrogen-bond acceptors (Lipinski definition) is 3. The number of para-hydroxylation sites is 1. The third-order valence-corrected chi connectivity index (χ3v) is 4.16. The number of anilines is 1. The van der Waals surface area contributed by atoms with Crippen LogP contribution in [0.25, 0.3) is 0 Å². The molecule has 5 heteroatoms. The summed E-state index contributed by atoms with van der Waals surface area (Å²) in [5, 5.41) is 13.0. The molecule has 0 aromatic heterocycles. The third-order valence-electron chi connectivity index (χ3n) is 4.16. The van der Waals surface area contributed by atoms with Gasteiger partial charge in [0.2, 0.25) is 0 Å². The van der Waals surface area contributed by atoms with Gasteiger partial charge >= 0.3 is 0 Å². The van der Waals surface area contributed by atoms with Gasteiger partial charge in [0.05, 0.1) is 6.10 Å². The van der Waals surface area contributed by atoms with Gasteiger partial charge in [-0.05, 0) is 38.3 Å². The van der Waals surface area contributed by atoms with E-state index in [1.165, 1.54) is 5.69 Å². The number of benzene rings is 1. The molecule has 1 saturated heterocycles. The second-order valence-corrected chi connectivity index (χ2v) is 6.09. The van der Waals surface area contributed by atoms with Gasteiger partial charge in [0.15, 0.2) is 5.96 Å². The van der Waals surface area contributed by atoms with Crippen LogP contribution in [0.4, 0.5) is 5.69 Å². The Morgan fingerprint density at radius 3 is 2.78 bits per heavy atom. The van der Waals surface area contributed by atoms with E-state index >= 15 is 0 Å². The minimum atomic E-state index is -0.210. The molecule has 2 rings (SSSR count). The summed E-state index contributed by atoms with van der Waals surface area (Å²) in [5.74, 6) is 0.945. The highest BCUT2D eigenvalue weighted by Crippen LogP contribution is 2.12. The molecule has 1 heterocycles. The summed E-state index contributed by atoms with van der Waals surface area (Å²) in [6.45, 7) is 6.40. The molecule has 1 aromatic carbocycles. The van der Waals surface area contributed by atoms with Crippen molar-refractivity contribution in [3.8, 4) is 0 Å². The van der Waals surface area contributed by atoms with E-state index in [4.69, 9.17) is 4.99 Å². The van der Waals surface area contributed by atoms with Gasteiger partial charge in [-0.15, -0.1) is 0 Å². The van der Waals surface area contributed by atoms with Gasteiger partial charge in [0.1, 0.15) is 0 Å². The number of β-amino-alcohol motifs (C(OH)–C–C–N with tert-alkyl or cyclic N) is 1. The first-order chi connectivity index (χ1) is 11.2. The van der Waals surface area contributed by atoms with Gasteiger partial charge in [0, 0.05) is 45.5 Å². The van der Waals surface area contributed by atoms with Crippen molar-refractivity contribution in [2.24, 2.45) is 4.99 Å². The van der Waals surface area contributed by atoms with E-state index in [1.54, 1.807) is 0 Å². The van der Waals surface area contributed by atoms with Crippen LogP contribution in [-0.2, 0) is 0 Å². The Bertz CT molecular complexity index is 477. The summed E-state index contributed by atoms with van der Waals surface area (Å²) in [4.78, 5) is 9.14. The maximum absolute atomic E-state index is 9.67. The molecule has 0 bridgehead atoms. The normalized spacial score (nSPS) is 18.3. The maximum Gasteiger partial charge on any atom is 0.194 e. The average molecular weight is 318 g/mol. The summed E-state index contributed by atoms with van der Waals surface area (Å²) in [6, 6.07) is 10.5. The monoisotopic (exact) mass is 318 g/mol. The van der Waals surface area contributed by atoms with Crippen molar-refractivity contribution in [2.45, 2.75) is 32.3 Å². The van der Waals surface area contributed by atoms with Gasteiger partial charge in [-0.1, -0.05) is 18.2 Å². The molecule has 128 valence electrons. The van der Waals surface area contributed by atoms with Crippen molar-refractivity contribution in [1.29, 1.82) is 0 Å². The number of aliphatic hydroxyl groups is 1. The molecule has 1 aromatic rings. The van der Waals surface area contributed by atoms with Crippen LogP contribution < -0.4 is 10.2 Å². The van der Waals surface area contributed by atoms with Gasteiger partial charge in [0.25, 0.3) is 0 Å². The Morgan fingerprint density at radius 1 is 1.35 bits per heavy atom. The predicted octanol–water partition coefficient (Wildman–Crippen LogP) is 1.94. The van der Waals surface area contributed by atoms with Gasteiger partial charge in [-0.25, -0.2) is 0 Å². The lowest BCUT2D eigenvalue weighted by Gasteiger charge is -2.21. The predicted molar refractivity (Wildman–Crippen MR) is 97.1 cm³/mol. The van der Waals surface area contributed by atoms with E-state index in [-0.39, 0.29) is 6.10 Å². The summed E-state index contributed by atoms with van der Waals surface area (Å²) >= 11 is 0. The molecule has 1 aliphatic heterocycles. The van der Waals surface area contributed by atoms with Crippen LogP contribution in [0.2, 0.25) is 0 Å². The summed E-state index contributed by atoms with van der Waals surface area (Å²) < 4.78 is 0. The Hall–Kier alpha value is -1.75. The SMILES string of the molecule is CCNC(=NCCCCN(C)c1ccccc1)N1CC[C@@H](O)C1. The molecule has 0 radical (unpaired) electrons. The molecule has 0 amide bonds. The van der Waals surface area contributed by atoms with E-state index in [2.05, 4.69) is 53.4 Å². The van der Waals surface area contributed by atoms with Gasteiger partial charge in [-0.3, -0.25) is 4.99 Å². The minimum Gasteiger partial charge on any atom is -0.391 e. The summed E-state index contributed by atoms with van der Waals surface area (Å²) in [6.07, 6.45) is 2.82. The Kier molecular flexibility index (Phi) is 7.20. The summed E-state index contributed by atoms with van der Waals surface area (Å²) in [5.41, 5.74) is 1.26. The van der Waals surface area contributed by atoms with E-state index in [0.717, 1.165) is 51.4 Å². The van der Waals surface area contributed by atoms with Gasteiger partial charge < -0.3 is 20.2 Å². The topological polar surface area (TPSA) is 51.1 Å². The molecule has 0 unspecified atom stereocenters. The van der Waals surface area contributed by atoms with Crippen molar-refractivity contribution in [3.05, 3.63) is 30.3 Å². The van der Waals surface area contributed by atoms with E-state index in [0.29, 0.717) is 6.54 Å². The number of guanidine groups is 1. The first-order valence-electron chi connectivity index (χ1n) is 8.68. The Balaban J connectivity index is 1.71.